The molecule has 3 fully saturated rings. The van der Waals surface area contributed by atoms with Gasteiger partial charge in [0.05, 0.1) is 26.1 Å². The predicted octanol–water partition coefficient (Wildman–Crippen LogP) is 7.38. The van der Waals surface area contributed by atoms with E-state index in [0.717, 1.165) is 31.4 Å². The molecule has 1 saturated carbocycles. The van der Waals surface area contributed by atoms with Crippen LogP contribution in [0.15, 0.2) is 39.4 Å². The summed E-state index contributed by atoms with van der Waals surface area (Å²) in [5, 5.41) is 18.8. The number of carbonyl (C=O) groups excluding carboxylic acids is 1. The molecule has 7 rings (SSSR count). The van der Waals surface area contributed by atoms with Crippen molar-refractivity contribution in [2.24, 2.45) is 0 Å². The number of aromatic nitrogens is 2. The second-order valence-electron chi connectivity index (χ2n) is 10.6. The smallest absolute Gasteiger partial charge is 0.358 e. The van der Waals surface area contributed by atoms with E-state index in [9.17, 15) is 14.7 Å². The van der Waals surface area contributed by atoms with Crippen LogP contribution in [0, 0.1) is 0 Å². The fourth-order valence-electron chi connectivity index (χ4n) is 6.15. The first-order chi connectivity index (χ1) is 19.3. The average Bonchev–Trinajstić information content (AvgIpc) is 3.43. The molecule has 9 nitrogen and oxygen atoms in total. The summed E-state index contributed by atoms with van der Waals surface area (Å²) < 4.78 is 17.0. The van der Waals surface area contributed by atoms with Crippen LogP contribution >= 0.6 is 34.8 Å². The number of anilines is 1. The highest BCUT2D eigenvalue weighted by atomic mass is 35.5. The molecule has 2 bridgehead atoms. The average molecular weight is 603 g/mol. The van der Waals surface area contributed by atoms with Gasteiger partial charge in [0.2, 0.25) is 0 Å². The quantitative estimate of drug-likeness (QED) is 0.225. The van der Waals surface area contributed by atoms with Crippen LogP contribution in [0.25, 0.3) is 22.2 Å². The topological polar surface area (TPSA) is 119 Å². The molecule has 2 aromatic heterocycles. The summed E-state index contributed by atoms with van der Waals surface area (Å²) in [6.07, 6.45) is 4.55. The lowest BCUT2D eigenvalue weighted by Gasteiger charge is -2.40. The van der Waals surface area contributed by atoms with Gasteiger partial charge in [-0.1, -0.05) is 51.2 Å². The SMILES string of the molecule is O=C(O[C@H]1C[C@H]2CC[C@@H](C1)N2c1cc2onc(C(=O)O)c2cc1Cl)c1c(-c2c(Cl)cccc2Cl)noc1C1CC1. The molecule has 2 saturated heterocycles. The van der Waals surface area contributed by atoms with Crippen LogP contribution in [0.3, 0.4) is 0 Å². The molecule has 1 aliphatic carbocycles. The minimum absolute atomic E-state index is 0.0798. The van der Waals surface area contributed by atoms with Crippen LogP contribution in [0.4, 0.5) is 5.69 Å². The summed E-state index contributed by atoms with van der Waals surface area (Å²) >= 11 is 19.5. The molecule has 40 heavy (non-hydrogen) atoms. The first kappa shape index (κ1) is 25.7. The number of fused-ring (bicyclic) bond motifs is 3. The normalized spacial score (nSPS) is 22.2. The van der Waals surface area contributed by atoms with Crippen molar-refractivity contribution in [1.82, 2.24) is 10.3 Å². The summed E-state index contributed by atoms with van der Waals surface area (Å²) in [4.78, 5) is 27.4. The van der Waals surface area contributed by atoms with Crippen molar-refractivity contribution >= 4 is 63.4 Å². The van der Waals surface area contributed by atoms with Gasteiger partial charge in [0.15, 0.2) is 17.0 Å². The standard InChI is InChI=1S/C28H22Cl3N3O6/c29-17-2-1-3-18(30)22(17)25-23(26(40-33-25)12-4-5-12)28(37)38-15-8-13-6-7-14(9-15)34(13)20-11-21-16(10-19(20)31)24(27(35)36)32-39-21/h1-3,10-15H,4-9H2,(H,35,36)/t13-,14+,15+. The molecule has 0 spiro atoms. The van der Waals surface area contributed by atoms with Crippen LogP contribution in [-0.2, 0) is 4.74 Å². The number of nitrogens with zero attached hydrogens (tertiary/aromatic N) is 3. The Bertz CT molecular complexity index is 1640. The zero-order valence-electron chi connectivity index (χ0n) is 20.9. The summed E-state index contributed by atoms with van der Waals surface area (Å²) in [7, 11) is 0. The van der Waals surface area contributed by atoms with Crippen molar-refractivity contribution in [3.63, 3.8) is 0 Å². The van der Waals surface area contributed by atoms with E-state index in [1.54, 1.807) is 30.3 Å². The molecule has 4 heterocycles. The summed E-state index contributed by atoms with van der Waals surface area (Å²) in [6.45, 7) is 0. The number of carbonyl (C=O) groups is 2. The van der Waals surface area contributed by atoms with Gasteiger partial charge in [-0.2, -0.15) is 0 Å². The van der Waals surface area contributed by atoms with Gasteiger partial charge in [-0.25, -0.2) is 9.59 Å². The Balaban J connectivity index is 1.15. The van der Waals surface area contributed by atoms with E-state index >= 15 is 0 Å². The number of rotatable bonds is 6. The van der Waals surface area contributed by atoms with Crippen LogP contribution < -0.4 is 4.90 Å². The minimum Gasteiger partial charge on any atom is -0.476 e. The molecule has 12 heteroatoms. The lowest BCUT2D eigenvalue weighted by Crippen LogP contribution is -2.46. The molecule has 4 aromatic rings. The van der Waals surface area contributed by atoms with Crippen molar-refractivity contribution < 1.29 is 28.5 Å². The van der Waals surface area contributed by atoms with Gasteiger partial charge in [-0.3, -0.25) is 0 Å². The van der Waals surface area contributed by atoms with Crippen LogP contribution in [-0.4, -0.2) is 45.5 Å². The molecule has 1 N–H and O–H groups in total. The number of hydrogen-bond acceptors (Lipinski definition) is 8. The largest absolute Gasteiger partial charge is 0.476 e. The molecule has 0 radical (unpaired) electrons. The Morgan fingerprint density at radius 2 is 1.65 bits per heavy atom. The Morgan fingerprint density at radius 1 is 0.950 bits per heavy atom. The van der Waals surface area contributed by atoms with Gasteiger partial charge in [-0.15, -0.1) is 0 Å². The van der Waals surface area contributed by atoms with Gasteiger partial charge in [0, 0.05) is 42.5 Å². The second-order valence-corrected chi connectivity index (χ2v) is 11.8. The summed E-state index contributed by atoms with van der Waals surface area (Å²) in [5.74, 6) is -1.03. The van der Waals surface area contributed by atoms with Crippen molar-refractivity contribution in [2.45, 2.75) is 62.6 Å². The number of carboxylic acid groups (broad SMARTS) is 1. The molecule has 206 valence electrons. The maximum atomic E-state index is 13.7. The molecule has 2 aromatic carbocycles. The lowest BCUT2D eigenvalue weighted by atomic mass is 9.98. The number of esters is 1. The van der Waals surface area contributed by atoms with Gasteiger partial charge >= 0.3 is 11.9 Å². The lowest BCUT2D eigenvalue weighted by molar-refractivity contribution is 0.0202. The zero-order valence-corrected chi connectivity index (χ0v) is 23.2. The van der Waals surface area contributed by atoms with Crippen molar-refractivity contribution in [1.29, 1.82) is 0 Å². The Morgan fingerprint density at radius 3 is 2.30 bits per heavy atom. The number of piperidine rings is 1. The number of aromatic carboxylic acids is 1. The molecular weight excluding hydrogens is 581 g/mol. The number of hydrogen-bond donors (Lipinski definition) is 1. The van der Waals surface area contributed by atoms with E-state index in [1.807, 2.05) is 0 Å². The fraction of sp³-hybridized carbons (Fsp3) is 0.357. The molecule has 0 unspecified atom stereocenters. The number of halogens is 3. The van der Waals surface area contributed by atoms with Crippen molar-refractivity contribution in [3.8, 4) is 11.3 Å². The first-order valence-corrected chi connectivity index (χ1v) is 14.2. The minimum atomic E-state index is -1.18. The van der Waals surface area contributed by atoms with E-state index in [0.29, 0.717) is 61.5 Å². The third kappa shape index (κ3) is 4.22. The molecule has 0 amide bonds. The van der Waals surface area contributed by atoms with E-state index < -0.39 is 11.9 Å². The third-order valence-corrected chi connectivity index (χ3v) is 8.99. The van der Waals surface area contributed by atoms with Crippen molar-refractivity contribution in [3.05, 3.63) is 62.4 Å². The molecule has 3 atom stereocenters. The molecule has 2 aliphatic heterocycles. The highest BCUT2D eigenvalue weighted by Gasteiger charge is 2.44. The van der Waals surface area contributed by atoms with Crippen LogP contribution in [0.5, 0.6) is 0 Å². The second kappa shape index (κ2) is 9.68. The number of benzene rings is 2. The molecular formula is C28H22Cl3N3O6. The van der Waals surface area contributed by atoms with Crippen molar-refractivity contribution in [2.75, 3.05) is 4.90 Å². The Labute approximate surface area is 242 Å². The maximum Gasteiger partial charge on any atom is 0.358 e. The maximum absolute atomic E-state index is 13.7. The highest BCUT2D eigenvalue weighted by molar-refractivity contribution is 6.39. The predicted molar refractivity (Wildman–Crippen MR) is 148 cm³/mol. The van der Waals surface area contributed by atoms with E-state index in [-0.39, 0.29) is 29.8 Å². The van der Waals surface area contributed by atoms with Crippen LogP contribution in [0.2, 0.25) is 15.1 Å². The fourth-order valence-corrected chi connectivity index (χ4v) is 6.98. The summed E-state index contributed by atoms with van der Waals surface area (Å²) in [5.41, 5.74) is 1.98. The van der Waals surface area contributed by atoms with Gasteiger partial charge in [-0.05, 0) is 43.9 Å². The molecule has 3 aliphatic rings. The van der Waals surface area contributed by atoms with Gasteiger partial charge < -0.3 is 23.8 Å². The summed E-state index contributed by atoms with van der Waals surface area (Å²) in [6, 6.07) is 8.61. The monoisotopic (exact) mass is 601 g/mol. The highest BCUT2D eigenvalue weighted by Crippen LogP contribution is 2.47. The number of carboxylic acids is 1. The van der Waals surface area contributed by atoms with E-state index in [2.05, 4.69) is 15.2 Å². The zero-order chi connectivity index (χ0) is 27.7. The van der Waals surface area contributed by atoms with Crippen LogP contribution in [0.1, 0.15) is 71.0 Å². The van der Waals surface area contributed by atoms with E-state index in [1.165, 1.54) is 0 Å². The van der Waals surface area contributed by atoms with E-state index in [4.69, 9.17) is 48.6 Å². The van der Waals surface area contributed by atoms with Gasteiger partial charge in [0.1, 0.15) is 17.4 Å². The number of ether oxygens (including phenoxy) is 1. The van der Waals surface area contributed by atoms with Gasteiger partial charge in [0.25, 0.3) is 0 Å². The Hall–Kier alpha value is -3.27. The third-order valence-electron chi connectivity index (χ3n) is 8.05. The Kier molecular flexibility index (Phi) is 6.21. The first-order valence-electron chi connectivity index (χ1n) is 13.1.